The fourth-order valence-electron chi connectivity index (χ4n) is 0.694. The van der Waals surface area contributed by atoms with E-state index in [0.29, 0.717) is 12.5 Å². The molecule has 56 valence electrons. The highest BCUT2D eigenvalue weighted by atomic mass is 16.5. The molecule has 0 N–H and O–H groups in total. The maximum absolute atomic E-state index is 10.7. The highest BCUT2D eigenvalue weighted by Gasteiger charge is 2.17. The highest BCUT2D eigenvalue weighted by molar-refractivity contribution is 5.81. The summed E-state index contributed by atoms with van der Waals surface area (Å²) in [7, 11) is 0. The molecule has 2 nitrogen and oxygen atoms in total. The minimum absolute atomic E-state index is 0.214. The smallest absolute Gasteiger partial charge is 0.330 e. The lowest BCUT2D eigenvalue weighted by Crippen LogP contribution is -1.98. The van der Waals surface area contributed by atoms with Crippen molar-refractivity contribution >= 4 is 5.97 Å². The number of hydrogen-bond donors (Lipinski definition) is 0. The Labute approximate surface area is 60.9 Å². The quantitative estimate of drug-likeness (QED) is 0.439. The van der Waals surface area contributed by atoms with E-state index in [-0.39, 0.29) is 5.97 Å². The summed E-state index contributed by atoms with van der Waals surface area (Å²) < 4.78 is 4.69. The molecule has 0 aliphatic heterocycles. The zero-order chi connectivity index (χ0) is 7.40. The van der Waals surface area contributed by atoms with Crippen molar-refractivity contribution in [3.05, 3.63) is 12.2 Å². The monoisotopic (exact) mass is 140 g/mol. The zero-order valence-corrected chi connectivity index (χ0v) is 6.17. The van der Waals surface area contributed by atoms with E-state index in [0.717, 1.165) is 0 Å². The van der Waals surface area contributed by atoms with Crippen molar-refractivity contribution in [3.8, 4) is 0 Å². The van der Waals surface area contributed by atoms with Crippen molar-refractivity contribution in [1.29, 1.82) is 0 Å². The second-order valence-corrected chi connectivity index (χ2v) is 2.45. The summed E-state index contributed by atoms with van der Waals surface area (Å²) in [5, 5.41) is 0. The second kappa shape index (κ2) is 3.40. The lowest BCUT2D eigenvalue weighted by Gasteiger charge is -1.92. The Balaban J connectivity index is 2.15. The Morgan fingerprint density at radius 3 is 2.90 bits per heavy atom. The van der Waals surface area contributed by atoms with Crippen LogP contribution in [0.1, 0.15) is 19.8 Å². The SMILES string of the molecule is CCOC(=O)/C=C\C1CC1. The summed E-state index contributed by atoms with van der Waals surface area (Å²) >= 11 is 0. The van der Waals surface area contributed by atoms with Crippen molar-refractivity contribution < 1.29 is 9.53 Å². The van der Waals surface area contributed by atoms with Gasteiger partial charge < -0.3 is 4.74 Å². The minimum atomic E-state index is -0.214. The first-order chi connectivity index (χ1) is 4.83. The highest BCUT2D eigenvalue weighted by Crippen LogP contribution is 2.29. The van der Waals surface area contributed by atoms with Crippen LogP contribution in [0.2, 0.25) is 0 Å². The first-order valence-corrected chi connectivity index (χ1v) is 3.68. The summed E-state index contributed by atoms with van der Waals surface area (Å²) in [6, 6.07) is 0. The van der Waals surface area contributed by atoms with E-state index in [2.05, 4.69) is 0 Å². The van der Waals surface area contributed by atoms with Gasteiger partial charge in [0.2, 0.25) is 0 Å². The van der Waals surface area contributed by atoms with Crippen LogP contribution >= 0.6 is 0 Å². The predicted octanol–water partition coefficient (Wildman–Crippen LogP) is 1.52. The number of allylic oxidation sites excluding steroid dienone is 1. The van der Waals surface area contributed by atoms with Gasteiger partial charge in [0, 0.05) is 6.08 Å². The lowest BCUT2D eigenvalue weighted by molar-refractivity contribution is -0.137. The van der Waals surface area contributed by atoms with Gasteiger partial charge in [-0.3, -0.25) is 0 Å². The molecule has 0 spiro atoms. The first kappa shape index (κ1) is 7.32. The molecule has 0 atom stereocenters. The molecule has 0 amide bonds. The molecular weight excluding hydrogens is 128 g/mol. The molecule has 0 heterocycles. The Morgan fingerprint density at radius 1 is 1.70 bits per heavy atom. The van der Waals surface area contributed by atoms with Crippen LogP contribution in [-0.2, 0) is 9.53 Å². The van der Waals surface area contributed by atoms with E-state index >= 15 is 0 Å². The normalized spacial score (nSPS) is 17.7. The molecule has 1 aliphatic rings. The van der Waals surface area contributed by atoms with Gasteiger partial charge in [-0.25, -0.2) is 4.79 Å². The van der Waals surface area contributed by atoms with Crippen LogP contribution in [0.4, 0.5) is 0 Å². The summed E-state index contributed by atoms with van der Waals surface area (Å²) in [4.78, 5) is 10.7. The third kappa shape index (κ3) is 2.67. The van der Waals surface area contributed by atoms with Gasteiger partial charge >= 0.3 is 5.97 Å². The summed E-state index contributed by atoms with van der Waals surface area (Å²) in [6.45, 7) is 2.27. The zero-order valence-electron chi connectivity index (χ0n) is 6.17. The number of ether oxygens (including phenoxy) is 1. The fourth-order valence-corrected chi connectivity index (χ4v) is 0.694. The van der Waals surface area contributed by atoms with Crippen molar-refractivity contribution in [2.45, 2.75) is 19.8 Å². The van der Waals surface area contributed by atoms with Crippen LogP contribution in [-0.4, -0.2) is 12.6 Å². The molecular formula is C8H12O2. The minimum Gasteiger partial charge on any atom is -0.463 e. The molecule has 0 aromatic rings. The maximum atomic E-state index is 10.7. The average Bonchev–Trinajstić information content (AvgIpc) is 2.67. The van der Waals surface area contributed by atoms with E-state index in [4.69, 9.17) is 4.74 Å². The van der Waals surface area contributed by atoms with E-state index in [1.54, 1.807) is 0 Å². The third-order valence-electron chi connectivity index (χ3n) is 1.41. The van der Waals surface area contributed by atoms with Gasteiger partial charge in [-0.1, -0.05) is 6.08 Å². The van der Waals surface area contributed by atoms with Crippen LogP contribution in [0.15, 0.2) is 12.2 Å². The van der Waals surface area contributed by atoms with Crippen LogP contribution in [0.25, 0.3) is 0 Å². The Hall–Kier alpha value is -0.790. The van der Waals surface area contributed by atoms with Gasteiger partial charge in [-0.05, 0) is 25.7 Å². The number of carbonyl (C=O) groups excluding carboxylic acids is 1. The number of rotatable bonds is 3. The molecule has 1 saturated carbocycles. The van der Waals surface area contributed by atoms with Gasteiger partial charge in [0.25, 0.3) is 0 Å². The van der Waals surface area contributed by atoms with Crippen LogP contribution in [0.5, 0.6) is 0 Å². The van der Waals surface area contributed by atoms with Crippen molar-refractivity contribution in [3.63, 3.8) is 0 Å². The van der Waals surface area contributed by atoms with Crippen LogP contribution in [0.3, 0.4) is 0 Å². The lowest BCUT2D eigenvalue weighted by atomic mass is 10.4. The second-order valence-electron chi connectivity index (χ2n) is 2.45. The number of hydrogen-bond acceptors (Lipinski definition) is 2. The molecule has 0 unspecified atom stereocenters. The molecule has 0 aromatic carbocycles. The molecule has 2 heteroatoms. The molecule has 1 fully saturated rings. The van der Waals surface area contributed by atoms with E-state index in [1.165, 1.54) is 18.9 Å². The number of carbonyl (C=O) groups is 1. The topological polar surface area (TPSA) is 26.3 Å². The van der Waals surface area contributed by atoms with Gasteiger partial charge in [-0.2, -0.15) is 0 Å². The van der Waals surface area contributed by atoms with E-state index < -0.39 is 0 Å². The predicted molar refractivity (Wildman–Crippen MR) is 38.5 cm³/mol. The van der Waals surface area contributed by atoms with Crippen LogP contribution in [0, 0.1) is 5.92 Å². The molecule has 0 bridgehead atoms. The van der Waals surface area contributed by atoms with E-state index in [9.17, 15) is 4.79 Å². The third-order valence-corrected chi connectivity index (χ3v) is 1.41. The van der Waals surface area contributed by atoms with Crippen molar-refractivity contribution in [1.82, 2.24) is 0 Å². The molecule has 1 rings (SSSR count). The van der Waals surface area contributed by atoms with Crippen LogP contribution < -0.4 is 0 Å². The Bertz CT molecular complexity index is 145. The Morgan fingerprint density at radius 2 is 2.40 bits per heavy atom. The standard InChI is InChI=1S/C8H12O2/c1-2-10-8(9)6-5-7-3-4-7/h5-7H,2-4H2,1H3/b6-5-. The van der Waals surface area contributed by atoms with Gasteiger partial charge in [0.05, 0.1) is 6.61 Å². The summed E-state index contributed by atoms with van der Waals surface area (Å²) in [6.07, 6.45) is 5.92. The Kier molecular flexibility index (Phi) is 2.49. The molecule has 10 heavy (non-hydrogen) atoms. The van der Waals surface area contributed by atoms with Crippen molar-refractivity contribution in [2.24, 2.45) is 5.92 Å². The summed E-state index contributed by atoms with van der Waals surface area (Å²) in [5.41, 5.74) is 0. The molecule has 1 aliphatic carbocycles. The molecule has 0 saturated heterocycles. The largest absolute Gasteiger partial charge is 0.463 e. The molecule has 0 aromatic heterocycles. The first-order valence-electron chi connectivity index (χ1n) is 3.68. The number of esters is 1. The van der Waals surface area contributed by atoms with Gasteiger partial charge in [0.1, 0.15) is 0 Å². The van der Waals surface area contributed by atoms with Gasteiger partial charge in [-0.15, -0.1) is 0 Å². The van der Waals surface area contributed by atoms with Crippen molar-refractivity contribution in [2.75, 3.05) is 6.61 Å². The van der Waals surface area contributed by atoms with E-state index in [1.807, 2.05) is 13.0 Å². The fraction of sp³-hybridized carbons (Fsp3) is 0.625. The average molecular weight is 140 g/mol. The van der Waals surface area contributed by atoms with Gasteiger partial charge in [0.15, 0.2) is 0 Å². The maximum Gasteiger partial charge on any atom is 0.330 e. The summed E-state index contributed by atoms with van der Waals surface area (Å²) in [5.74, 6) is 0.443. The molecule has 0 radical (unpaired) electrons.